The van der Waals surface area contributed by atoms with Crippen LogP contribution in [0.3, 0.4) is 0 Å². The van der Waals surface area contributed by atoms with E-state index in [2.05, 4.69) is 10.5 Å². The second-order valence-corrected chi connectivity index (χ2v) is 5.11. The zero-order chi connectivity index (χ0) is 13.0. The van der Waals surface area contributed by atoms with Gasteiger partial charge >= 0.3 is 0 Å². The SMILES string of the molecule is Cc1cc(CNC(=O)C2CCC(CN)CC2)on1. The van der Waals surface area contributed by atoms with E-state index in [0.29, 0.717) is 18.2 Å². The molecule has 1 fully saturated rings. The van der Waals surface area contributed by atoms with E-state index in [9.17, 15) is 4.79 Å². The Bertz CT molecular complexity index is 395. The van der Waals surface area contributed by atoms with Crippen molar-refractivity contribution in [1.82, 2.24) is 10.5 Å². The van der Waals surface area contributed by atoms with Crippen LogP contribution in [0.2, 0.25) is 0 Å². The molecule has 1 aliphatic carbocycles. The number of hydrogen-bond acceptors (Lipinski definition) is 4. The normalized spacial score (nSPS) is 23.9. The van der Waals surface area contributed by atoms with E-state index in [0.717, 1.165) is 37.9 Å². The van der Waals surface area contributed by atoms with Crippen LogP contribution in [-0.2, 0) is 11.3 Å². The molecule has 5 nitrogen and oxygen atoms in total. The van der Waals surface area contributed by atoms with Crippen LogP contribution in [-0.4, -0.2) is 17.6 Å². The molecule has 1 aromatic heterocycles. The number of carbonyl (C=O) groups excluding carboxylic acids is 1. The monoisotopic (exact) mass is 251 g/mol. The van der Waals surface area contributed by atoms with Gasteiger partial charge in [0.2, 0.25) is 5.91 Å². The Kier molecular flexibility index (Phi) is 4.36. The highest BCUT2D eigenvalue weighted by Crippen LogP contribution is 2.28. The van der Waals surface area contributed by atoms with Crippen molar-refractivity contribution in [3.8, 4) is 0 Å². The van der Waals surface area contributed by atoms with Crippen molar-refractivity contribution in [1.29, 1.82) is 0 Å². The van der Waals surface area contributed by atoms with Gasteiger partial charge in [0.25, 0.3) is 0 Å². The van der Waals surface area contributed by atoms with Gasteiger partial charge in [-0.1, -0.05) is 5.16 Å². The van der Waals surface area contributed by atoms with Crippen molar-refractivity contribution < 1.29 is 9.32 Å². The van der Waals surface area contributed by atoms with Gasteiger partial charge < -0.3 is 15.6 Å². The first-order chi connectivity index (χ1) is 8.69. The van der Waals surface area contributed by atoms with Crippen LogP contribution >= 0.6 is 0 Å². The molecule has 1 heterocycles. The van der Waals surface area contributed by atoms with Gasteiger partial charge in [-0.15, -0.1) is 0 Å². The summed E-state index contributed by atoms with van der Waals surface area (Å²) in [5.74, 6) is 1.57. The van der Waals surface area contributed by atoms with E-state index in [4.69, 9.17) is 10.3 Å². The van der Waals surface area contributed by atoms with Gasteiger partial charge in [0.1, 0.15) is 0 Å². The second-order valence-electron chi connectivity index (χ2n) is 5.11. The van der Waals surface area contributed by atoms with E-state index >= 15 is 0 Å². The molecule has 100 valence electrons. The fraction of sp³-hybridized carbons (Fsp3) is 0.692. The van der Waals surface area contributed by atoms with Crippen LogP contribution < -0.4 is 11.1 Å². The van der Waals surface area contributed by atoms with Gasteiger partial charge in [0, 0.05) is 12.0 Å². The van der Waals surface area contributed by atoms with Crippen LogP contribution in [0, 0.1) is 18.8 Å². The number of nitrogens with zero attached hydrogens (tertiary/aromatic N) is 1. The summed E-state index contributed by atoms with van der Waals surface area (Å²) in [7, 11) is 0. The first-order valence-electron chi connectivity index (χ1n) is 6.59. The topological polar surface area (TPSA) is 81.2 Å². The fourth-order valence-electron chi connectivity index (χ4n) is 2.48. The Morgan fingerprint density at radius 1 is 1.50 bits per heavy atom. The Labute approximate surface area is 107 Å². The third-order valence-electron chi connectivity index (χ3n) is 3.66. The largest absolute Gasteiger partial charge is 0.359 e. The maximum atomic E-state index is 12.0. The average molecular weight is 251 g/mol. The molecular weight excluding hydrogens is 230 g/mol. The molecule has 3 N–H and O–H groups in total. The number of amides is 1. The molecule has 2 rings (SSSR count). The molecule has 0 spiro atoms. The Morgan fingerprint density at radius 3 is 2.78 bits per heavy atom. The van der Waals surface area contributed by atoms with E-state index < -0.39 is 0 Å². The summed E-state index contributed by atoms with van der Waals surface area (Å²) >= 11 is 0. The van der Waals surface area contributed by atoms with Crippen molar-refractivity contribution in [2.24, 2.45) is 17.6 Å². The average Bonchev–Trinajstić information content (AvgIpc) is 2.82. The van der Waals surface area contributed by atoms with E-state index in [-0.39, 0.29) is 11.8 Å². The van der Waals surface area contributed by atoms with Gasteiger partial charge in [0.05, 0.1) is 12.2 Å². The third-order valence-corrected chi connectivity index (χ3v) is 3.66. The van der Waals surface area contributed by atoms with Crippen LogP contribution in [0.25, 0.3) is 0 Å². The van der Waals surface area contributed by atoms with Crippen molar-refractivity contribution in [3.05, 3.63) is 17.5 Å². The molecule has 1 aromatic rings. The summed E-state index contributed by atoms with van der Waals surface area (Å²) in [6.07, 6.45) is 4.03. The quantitative estimate of drug-likeness (QED) is 0.846. The lowest BCUT2D eigenvalue weighted by molar-refractivity contribution is -0.126. The highest BCUT2D eigenvalue weighted by Gasteiger charge is 2.25. The predicted molar refractivity (Wildman–Crippen MR) is 67.6 cm³/mol. The highest BCUT2D eigenvalue weighted by molar-refractivity contribution is 5.78. The lowest BCUT2D eigenvalue weighted by atomic mass is 9.81. The lowest BCUT2D eigenvalue weighted by Gasteiger charge is -2.26. The molecule has 0 radical (unpaired) electrons. The van der Waals surface area contributed by atoms with Gasteiger partial charge in [-0.2, -0.15) is 0 Å². The second kappa shape index (κ2) is 6.00. The number of rotatable bonds is 4. The maximum absolute atomic E-state index is 12.0. The summed E-state index contributed by atoms with van der Waals surface area (Å²) in [5.41, 5.74) is 6.48. The van der Waals surface area contributed by atoms with E-state index in [1.54, 1.807) is 0 Å². The number of nitrogens with one attached hydrogen (secondary N) is 1. The van der Waals surface area contributed by atoms with Crippen LogP contribution in [0.1, 0.15) is 37.1 Å². The van der Waals surface area contributed by atoms with Crippen LogP contribution in [0.15, 0.2) is 10.6 Å². The van der Waals surface area contributed by atoms with Gasteiger partial charge in [-0.25, -0.2) is 0 Å². The molecular formula is C13H21N3O2. The summed E-state index contributed by atoms with van der Waals surface area (Å²) < 4.78 is 5.06. The first kappa shape index (κ1) is 13.1. The summed E-state index contributed by atoms with van der Waals surface area (Å²) in [5, 5.41) is 6.70. The minimum Gasteiger partial charge on any atom is -0.359 e. The summed E-state index contributed by atoms with van der Waals surface area (Å²) in [4.78, 5) is 12.0. The van der Waals surface area contributed by atoms with Gasteiger partial charge in [-0.05, 0) is 45.1 Å². The summed E-state index contributed by atoms with van der Waals surface area (Å²) in [6, 6.07) is 1.84. The first-order valence-corrected chi connectivity index (χ1v) is 6.59. The maximum Gasteiger partial charge on any atom is 0.223 e. The number of nitrogens with two attached hydrogens (primary N) is 1. The number of aryl methyl sites for hydroxylation is 1. The third kappa shape index (κ3) is 3.32. The molecule has 0 unspecified atom stereocenters. The molecule has 18 heavy (non-hydrogen) atoms. The standard InChI is InChI=1S/C13H21N3O2/c1-9-6-12(18-16-9)8-15-13(17)11-4-2-10(7-14)3-5-11/h6,10-11H,2-5,7-8,14H2,1H3,(H,15,17). The highest BCUT2D eigenvalue weighted by atomic mass is 16.5. The number of carbonyl (C=O) groups is 1. The van der Waals surface area contributed by atoms with Gasteiger partial charge in [-0.3, -0.25) is 4.79 Å². The molecule has 0 atom stereocenters. The van der Waals surface area contributed by atoms with Crippen molar-refractivity contribution in [3.63, 3.8) is 0 Å². The van der Waals surface area contributed by atoms with Gasteiger partial charge in [0.15, 0.2) is 5.76 Å². The summed E-state index contributed by atoms with van der Waals surface area (Å²) in [6.45, 7) is 3.03. The molecule has 0 aromatic carbocycles. The fourth-order valence-corrected chi connectivity index (χ4v) is 2.48. The minimum absolute atomic E-state index is 0.125. The predicted octanol–water partition coefficient (Wildman–Crippen LogP) is 1.36. The van der Waals surface area contributed by atoms with Crippen molar-refractivity contribution in [2.45, 2.75) is 39.2 Å². The minimum atomic E-state index is 0.125. The Morgan fingerprint density at radius 2 is 2.22 bits per heavy atom. The number of aromatic nitrogens is 1. The van der Waals surface area contributed by atoms with Crippen molar-refractivity contribution >= 4 is 5.91 Å². The molecule has 0 saturated heterocycles. The van der Waals surface area contributed by atoms with Crippen LogP contribution in [0.4, 0.5) is 0 Å². The Hall–Kier alpha value is -1.36. The van der Waals surface area contributed by atoms with Crippen molar-refractivity contribution in [2.75, 3.05) is 6.54 Å². The smallest absolute Gasteiger partial charge is 0.223 e. The molecule has 0 bridgehead atoms. The molecule has 1 aliphatic rings. The molecule has 1 amide bonds. The molecule has 1 saturated carbocycles. The molecule has 0 aliphatic heterocycles. The van der Waals surface area contributed by atoms with Crippen LogP contribution in [0.5, 0.6) is 0 Å². The Balaban J connectivity index is 1.75. The lowest BCUT2D eigenvalue weighted by Crippen LogP contribution is -2.33. The molecule has 5 heteroatoms. The zero-order valence-corrected chi connectivity index (χ0v) is 10.8. The zero-order valence-electron chi connectivity index (χ0n) is 10.8. The van der Waals surface area contributed by atoms with E-state index in [1.165, 1.54) is 0 Å². The van der Waals surface area contributed by atoms with E-state index in [1.807, 2.05) is 13.0 Å². The number of hydrogen-bond donors (Lipinski definition) is 2.